The molecule has 0 aliphatic heterocycles. The first-order valence-corrected chi connectivity index (χ1v) is 8.35. The molecule has 0 radical (unpaired) electrons. The fourth-order valence-corrected chi connectivity index (χ4v) is 3.19. The summed E-state index contributed by atoms with van der Waals surface area (Å²) in [6.07, 6.45) is 9.37. The molecule has 1 aliphatic carbocycles. The summed E-state index contributed by atoms with van der Waals surface area (Å²) >= 11 is 0. The molecule has 2 aromatic heterocycles. The average Bonchev–Trinajstić information content (AvgIpc) is 3.03. The SMILES string of the molecule is CN(CCc1ccccn1)Cc1cc(C2CCCCC2)no1. The van der Waals surface area contributed by atoms with Crippen LogP contribution in [-0.4, -0.2) is 28.6 Å². The topological polar surface area (TPSA) is 42.2 Å². The second kappa shape index (κ2) is 7.54. The highest BCUT2D eigenvalue weighted by molar-refractivity contribution is 5.11. The van der Waals surface area contributed by atoms with Crippen molar-refractivity contribution in [2.24, 2.45) is 0 Å². The van der Waals surface area contributed by atoms with Crippen LogP contribution in [0.2, 0.25) is 0 Å². The summed E-state index contributed by atoms with van der Waals surface area (Å²) in [5.74, 6) is 1.59. The molecule has 0 spiro atoms. The maximum absolute atomic E-state index is 5.53. The Hall–Kier alpha value is -1.68. The van der Waals surface area contributed by atoms with Crippen molar-refractivity contribution in [1.82, 2.24) is 15.0 Å². The van der Waals surface area contributed by atoms with Gasteiger partial charge in [-0.15, -0.1) is 0 Å². The van der Waals surface area contributed by atoms with Gasteiger partial charge in [0, 0.05) is 36.8 Å². The van der Waals surface area contributed by atoms with E-state index in [4.69, 9.17) is 4.52 Å². The summed E-state index contributed by atoms with van der Waals surface area (Å²) < 4.78 is 5.53. The number of aromatic nitrogens is 2. The van der Waals surface area contributed by atoms with Crippen molar-refractivity contribution >= 4 is 0 Å². The lowest BCUT2D eigenvalue weighted by Crippen LogP contribution is -2.20. The first-order chi connectivity index (χ1) is 10.8. The van der Waals surface area contributed by atoms with Crippen molar-refractivity contribution in [3.05, 3.63) is 47.6 Å². The minimum absolute atomic E-state index is 0.616. The van der Waals surface area contributed by atoms with Gasteiger partial charge in [0.15, 0.2) is 5.76 Å². The Labute approximate surface area is 132 Å². The van der Waals surface area contributed by atoms with Gasteiger partial charge < -0.3 is 4.52 Å². The van der Waals surface area contributed by atoms with E-state index in [1.165, 1.54) is 32.1 Å². The molecule has 22 heavy (non-hydrogen) atoms. The Morgan fingerprint density at radius 3 is 2.86 bits per heavy atom. The van der Waals surface area contributed by atoms with Gasteiger partial charge in [0.1, 0.15) is 0 Å². The Balaban J connectivity index is 1.49. The number of likely N-dealkylation sites (N-methyl/N-ethyl adjacent to an activating group) is 1. The lowest BCUT2D eigenvalue weighted by atomic mass is 9.87. The maximum atomic E-state index is 5.53. The van der Waals surface area contributed by atoms with Gasteiger partial charge in [0.05, 0.1) is 12.2 Å². The fourth-order valence-electron chi connectivity index (χ4n) is 3.19. The average molecular weight is 299 g/mol. The lowest BCUT2D eigenvalue weighted by molar-refractivity contribution is 0.271. The quantitative estimate of drug-likeness (QED) is 0.814. The van der Waals surface area contributed by atoms with Gasteiger partial charge in [-0.05, 0) is 32.0 Å². The van der Waals surface area contributed by atoms with E-state index in [0.717, 1.165) is 36.7 Å². The third kappa shape index (κ3) is 4.17. The summed E-state index contributed by atoms with van der Waals surface area (Å²) in [7, 11) is 2.12. The van der Waals surface area contributed by atoms with Crippen LogP contribution in [0.25, 0.3) is 0 Å². The fraction of sp³-hybridized carbons (Fsp3) is 0.556. The van der Waals surface area contributed by atoms with Crippen LogP contribution in [0.3, 0.4) is 0 Å². The van der Waals surface area contributed by atoms with Crippen molar-refractivity contribution in [1.29, 1.82) is 0 Å². The molecular weight excluding hydrogens is 274 g/mol. The highest BCUT2D eigenvalue weighted by atomic mass is 16.5. The molecule has 118 valence electrons. The summed E-state index contributed by atoms with van der Waals surface area (Å²) in [6, 6.07) is 8.22. The second-order valence-corrected chi connectivity index (χ2v) is 6.36. The third-order valence-corrected chi connectivity index (χ3v) is 4.50. The zero-order chi connectivity index (χ0) is 15.2. The molecule has 0 bridgehead atoms. The van der Waals surface area contributed by atoms with Gasteiger partial charge in [0.25, 0.3) is 0 Å². The summed E-state index contributed by atoms with van der Waals surface area (Å²) in [5.41, 5.74) is 2.29. The highest BCUT2D eigenvalue weighted by Gasteiger charge is 2.19. The molecule has 1 aliphatic rings. The minimum Gasteiger partial charge on any atom is -0.360 e. The van der Waals surface area contributed by atoms with Crippen LogP contribution >= 0.6 is 0 Å². The Morgan fingerprint density at radius 1 is 1.23 bits per heavy atom. The van der Waals surface area contributed by atoms with Crippen molar-refractivity contribution in [3.8, 4) is 0 Å². The van der Waals surface area contributed by atoms with Crippen molar-refractivity contribution in [2.45, 2.75) is 51.0 Å². The number of rotatable bonds is 6. The van der Waals surface area contributed by atoms with Crippen LogP contribution in [0.4, 0.5) is 0 Å². The van der Waals surface area contributed by atoms with E-state index in [1.807, 2.05) is 18.3 Å². The third-order valence-electron chi connectivity index (χ3n) is 4.50. The molecule has 0 unspecified atom stereocenters. The standard InChI is InChI=1S/C18H25N3O/c1-21(12-10-16-9-5-6-11-19-16)14-17-13-18(20-22-17)15-7-3-2-4-8-15/h5-6,9,11,13,15H,2-4,7-8,10,12,14H2,1H3. The Kier molecular flexibility index (Phi) is 5.22. The normalized spacial score (nSPS) is 16.3. The first kappa shape index (κ1) is 15.2. The van der Waals surface area contributed by atoms with Gasteiger partial charge in [-0.25, -0.2) is 0 Å². The van der Waals surface area contributed by atoms with E-state index in [9.17, 15) is 0 Å². The maximum Gasteiger partial charge on any atom is 0.150 e. The van der Waals surface area contributed by atoms with Gasteiger partial charge in [0.2, 0.25) is 0 Å². The van der Waals surface area contributed by atoms with E-state index in [0.29, 0.717) is 5.92 Å². The Bertz CT molecular complexity index is 561. The molecule has 0 aromatic carbocycles. The molecule has 2 heterocycles. The highest BCUT2D eigenvalue weighted by Crippen LogP contribution is 2.32. The van der Waals surface area contributed by atoms with Gasteiger partial charge in [-0.1, -0.05) is 30.5 Å². The molecule has 0 saturated heterocycles. The van der Waals surface area contributed by atoms with Crippen LogP contribution in [0.15, 0.2) is 35.0 Å². The van der Waals surface area contributed by atoms with E-state index >= 15 is 0 Å². The van der Waals surface area contributed by atoms with E-state index in [2.05, 4.69) is 34.2 Å². The molecule has 2 aromatic rings. The minimum atomic E-state index is 0.616. The predicted octanol–water partition coefficient (Wildman–Crippen LogP) is 3.79. The summed E-state index contributed by atoms with van der Waals surface area (Å²) in [4.78, 5) is 6.62. The van der Waals surface area contributed by atoms with Crippen LogP contribution in [0, 0.1) is 0 Å². The smallest absolute Gasteiger partial charge is 0.150 e. The molecule has 0 atom stereocenters. The van der Waals surface area contributed by atoms with Gasteiger partial charge >= 0.3 is 0 Å². The van der Waals surface area contributed by atoms with Crippen molar-refractivity contribution < 1.29 is 4.52 Å². The van der Waals surface area contributed by atoms with Gasteiger partial charge in [-0.2, -0.15) is 0 Å². The van der Waals surface area contributed by atoms with Crippen molar-refractivity contribution in [2.75, 3.05) is 13.6 Å². The molecule has 1 saturated carbocycles. The van der Waals surface area contributed by atoms with Crippen LogP contribution in [0.5, 0.6) is 0 Å². The number of hydrogen-bond acceptors (Lipinski definition) is 4. The predicted molar refractivity (Wildman–Crippen MR) is 86.6 cm³/mol. The van der Waals surface area contributed by atoms with Crippen molar-refractivity contribution in [3.63, 3.8) is 0 Å². The number of pyridine rings is 1. The lowest BCUT2D eigenvalue weighted by Gasteiger charge is -2.18. The molecule has 4 heteroatoms. The van der Waals surface area contributed by atoms with E-state index in [-0.39, 0.29) is 0 Å². The molecule has 1 fully saturated rings. The second-order valence-electron chi connectivity index (χ2n) is 6.36. The molecule has 0 N–H and O–H groups in total. The zero-order valence-electron chi connectivity index (χ0n) is 13.4. The summed E-state index contributed by atoms with van der Waals surface area (Å²) in [6.45, 7) is 1.78. The van der Waals surface area contributed by atoms with Crippen LogP contribution in [-0.2, 0) is 13.0 Å². The number of nitrogens with zero attached hydrogens (tertiary/aromatic N) is 3. The van der Waals surface area contributed by atoms with Gasteiger partial charge in [-0.3, -0.25) is 9.88 Å². The monoisotopic (exact) mass is 299 g/mol. The Morgan fingerprint density at radius 2 is 2.09 bits per heavy atom. The van der Waals surface area contributed by atoms with Crippen LogP contribution in [0.1, 0.15) is 55.2 Å². The van der Waals surface area contributed by atoms with E-state index in [1.54, 1.807) is 0 Å². The molecule has 3 rings (SSSR count). The molecular formula is C18H25N3O. The number of hydrogen-bond donors (Lipinski definition) is 0. The largest absolute Gasteiger partial charge is 0.360 e. The first-order valence-electron chi connectivity index (χ1n) is 8.35. The molecule has 4 nitrogen and oxygen atoms in total. The summed E-state index contributed by atoms with van der Waals surface area (Å²) in [5, 5.41) is 4.30. The van der Waals surface area contributed by atoms with Crippen LogP contribution < -0.4 is 0 Å². The molecule has 0 amide bonds. The van der Waals surface area contributed by atoms with E-state index < -0.39 is 0 Å². The zero-order valence-corrected chi connectivity index (χ0v) is 13.4.